The number of nitrogens with zero attached hydrogens (tertiary/aromatic N) is 2. The second-order valence-electron chi connectivity index (χ2n) is 12.6. The van der Waals surface area contributed by atoms with Crippen molar-refractivity contribution in [1.82, 2.24) is 10.2 Å². The number of methoxy groups -OCH3 is 2. The number of ether oxygens (including phenoxy) is 2. The summed E-state index contributed by atoms with van der Waals surface area (Å²) in [6, 6.07) is 27.8. The van der Waals surface area contributed by atoms with Crippen LogP contribution in [0.4, 0.5) is 5.69 Å². The summed E-state index contributed by atoms with van der Waals surface area (Å²) in [7, 11) is -1.40. The molecule has 0 heterocycles. The van der Waals surface area contributed by atoms with Crippen molar-refractivity contribution >= 4 is 27.5 Å². The highest BCUT2D eigenvalue weighted by Gasteiger charge is 2.36. The molecule has 1 N–H and O–H groups in total. The number of hydrogen-bond donors (Lipinski definition) is 1. The third kappa shape index (κ3) is 8.80. The molecule has 258 valence electrons. The van der Waals surface area contributed by atoms with Gasteiger partial charge in [0.25, 0.3) is 10.0 Å². The Kier molecular flexibility index (Phi) is 11.6. The maximum Gasteiger partial charge on any atom is 0.264 e. The van der Waals surface area contributed by atoms with E-state index in [0.717, 1.165) is 52.2 Å². The Bertz CT molecular complexity index is 1840. The van der Waals surface area contributed by atoms with Crippen molar-refractivity contribution in [1.29, 1.82) is 0 Å². The lowest BCUT2D eigenvalue weighted by Crippen LogP contribution is -2.54. The molecule has 1 aliphatic rings. The van der Waals surface area contributed by atoms with E-state index in [0.29, 0.717) is 11.4 Å². The van der Waals surface area contributed by atoms with E-state index in [2.05, 4.69) is 5.32 Å². The molecular formula is C39H45N3O6S. The van der Waals surface area contributed by atoms with Crippen LogP contribution in [0.25, 0.3) is 0 Å². The molecule has 1 saturated carbocycles. The SMILES string of the molecule is COc1ccc(S(=O)(=O)N(CC(=O)N(Cc2cccc(C)c2)[C@@H](Cc2ccccc2)C(=O)NC2CCCC2)c2ccc(C)cc2)cc1OC. The Morgan fingerprint density at radius 2 is 1.47 bits per heavy atom. The fraction of sp³-hybridized carbons (Fsp3) is 0.333. The van der Waals surface area contributed by atoms with Crippen molar-refractivity contribution in [3.05, 3.63) is 119 Å². The molecule has 0 aromatic heterocycles. The first-order valence-corrected chi connectivity index (χ1v) is 18.0. The number of carbonyl (C=O) groups excluding carboxylic acids is 2. The maximum absolute atomic E-state index is 14.8. The fourth-order valence-corrected chi connectivity index (χ4v) is 7.70. The molecule has 0 saturated heterocycles. The summed E-state index contributed by atoms with van der Waals surface area (Å²) in [5.41, 5.74) is 4.00. The molecule has 4 aromatic rings. The van der Waals surface area contributed by atoms with E-state index in [-0.39, 0.29) is 35.6 Å². The van der Waals surface area contributed by atoms with Crippen LogP contribution in [-0.2, 0) is 32.6 Å². The van der Waals surface area contributed by atoms with E-state index in [4.69, 9.17) is 9.47 Å². The minimum atomic E-state index is -4.31. The van der Waals surface area contributed by atoms with Gasteiger partial charge in [-0.1, -0.05) is 90.7 Å². The fourth-order valence-electron chi connectivity index (χ4n) is 6.27. The Morgan fingerprint density at radius 3 is 2.12 bits per heavy atom. The number of aryl methyl sites for hydroxylation is 2. The first kappa shape index (κ1) is 35.5. The molecule has 0 aliphatic heterocycles. The van der Waals surface area contributed by atoms with Crippen molar-refractivity contribution in [2.45, 2.75) is 69.5 Å². The van der Waals surface area contributed by atoms with Crippen LogP contribution in [0, 0.1) is 13.8 Å². The summed E-state index contributed by atoms with van der Waals surface area (Å²) in [5.74, 6) is -0.137. The third-order valence-corrected chi connectivity index (χ3v) is 10.7. The predicted octanol–water partition coefficient (Wildman–Crippen LogP) is 6.21. The number of sulfonamides is 1. The topological polar surface area (TPSA) is 105 Å². The summed E-state index contributed by atoms with van der Waals surface area (Å²) in [4.78, 5) is 30.4. The third-order valence-electron chi connectivity index (χ3n) is 8.95. The molecule has 0 radical (unpaired) electrons. The Hall–Kier alpha value is -4.83. The zero-order valence-electron chi connectivity index (χ0n) is 28.6. The molecule has 49 heavy (non-hydrogen) atoms. The van der Waals surface area contributed by atoms with E-state index in [9.17, 15) is 18.0 Å². The van der Waals surface area contributed by atoms with Gasteiger partial charge < -0.3 is 19.7 Å². The van der Waals surface area contributed by atoms with E-state index in [1.807, 2.05) is 68.4 Å². The average Bonchev–Trinajstić information content (AvgIpc) is 3.62. The van der Waals surface area contributed by atoms with Crippen LogP contribution >= 0.6 is 0 Å². The largest absolute Gasteiger partial charge is 0.493 e. The minimum absolute atomic E-state index is 0.0381. The lowest BCUT2D eigenvalue weighted by molar-refractivity contribution is -0.140. The summed E-state index contributed by atoms with van der Waals surface area (Å²) in [6.45, 7) is 3.46. The summed E-state index contributed by atoms with van der Waals surface area (Å²) in [6.07, 6.45) is 4.13. The number of amides is 2. The normalized spacial score (nSPS) is 13.8. The van der Waals surface area contributed by atoms with Gasteiger partial charge in [0.05, 0.1) is 24.8 Å². The number of rotatable bonds is 14. The zero-order chi connectivity index (χ0) is 35.0. The summed E-state index contributed by atoms with van der Waals surface area (Å²) < 4.78 is 40.8. The van der Waals surface area contributed by atoms with Crippen LogP contribution in [0.5, 0.6) is 11.5 Å². The molecule has 1 fully saturated rings. The minimum Gasteiger partial charge on any atom is -0.493 e. The van der Waals surface area contributed by atoms with E-state index >= 15 is 0 Å². The Balaban J connectivity index is 1.58. The lowest BCUT2D eigenvalue weighted by atomic mass is 10.0. The van der Waals surface area contributed by atoms with Crippen molar-refractivity contribution in [2.24, 2.45) is 0 Å². The number of hydrogen-bond acceptors (Lipinski definition) is 6. The Morgan fingerprint density at radius 1 is 0.796 bits per heavy atom. The van der Waals surface area contributed by atoms with Gasteiger partial charge in [-0.25, -0.2) is 8.42 Å². The second kappa shape index (κ2) is 16.0. The highest BCUT2D eigenvalue weighted by molar-refractivity contribution is 7.92. The maximum atomic E-state index is 14.8. The molecule has 5 rings (SSSR count). The van der Waals surface area contributed by atoms with E-state index in [1.165, 1.54) is 37.3 Å². The molecule has 1 aliphatic carbocycles. The van der Waals surface area contributed by atoms with Gasteiger partial charge in [0.2, 0.25) is 11.8 Å². The molecule has 0 unspecified atom stereocenters. The highest BCUT2D eigenvalue weighted by atomic mass is 32.2. The summed E-state index contributed by atoms with van der Waals surface area (Å²) in [5, 5.41) is 3.21. The second-order valence-corrected chi connectivity index (χ2v) is 14.4. The van der Waals surface area contributed by atoms with Gasteiger partial charge in [-0.15, -0.1) is 0 Å². The van der Waals surface area contributed by atoms with Gasteiger partial charge in [-0.2, -0.15) is 0 Å². The van der Waals surface area contributed by atoms with Crippen molar-refractivity contribution in [2.75, 3.05) is 25.1 Å². The van der Waals surface area contributed by atoms with Crippen LogP contribution < -0.4 is 19.1 Å². The molecule has 10 heteroatoms. The van der Waals surface area contributed by atoms with Crippen molar-refractivity contribution in [3.8, 4) is 11.5 Å². The number of benzene rings is 4. The average molecular weight is 684 g/mol. The van der Waals surface area contributed by atoms with Crippen LogP contribution in [0.2, 0.25) is 0 Å². The number of nitrogens with one attached hydrogen (secondary N) is 1. The van der Waals surface area contributed by atoms with Gasteiger partial charge in [0.1, 0.15) is 12.6 Å². The summed E-state index contributed by atoms with van der Waals surface area (Å²) >= 11 is 0. The van der Waals surface area contributed by atoms with Gasteiger partial charge in [0.15, 0.2) is 11.5 Å². The first-order valence-electron chi connectivity index (χ1n) is 16.6. The Labute approximate surface area is 289 Å². The molecule has 9 nitrogen and oxygen atoms in total. The van der Waals surface area contributed by atoms with Crippen molar-refractivity contribution in [3.63, 3.8) is 0 Å². The molecular weight excluding hydrogens is 639 g/mol. The quantitative estimate of drug-likeness (QED) is 0.169. The van der Waals surface area contributed by atoms with Gasteiger partial charge in [-0.05, 0) is 62.1 Å². The molecule has 2 amide bonds. The van der Waals surface area contributed by atoms with Crippen LogP contribution in [0.15, 0.2) is 102 Å². The molecule has 0 spiro atoms. The van der Waals surface area contributed by atoms with Gasteiger partial charge in [-0.3, -0.25) is 13.9 Å². The highest BCUT2D eigenvalue weighted by Crippen LogP contribution is 2.33. The van der Waals surface area contributed by atoms with Gasteiger partial charge >= 0.3 is 0 Å². The monoisotopic (exact) mass is 683 g/mol. The predicted molar refractivity (Wildman–Crippen MR) is 191 cm³/mol. The van der Waals surface area contributed by atoms with Crippen LogP contribution in [-0.4, -0.2) is 58.0 Å². The standard InChI is InChI=1S/C39H45N3O6S/c1-28-17-19-33(20-18-28)42(49(45,46)34-21-22-36(47-3)37(25-34)48-4)27-38(43)41(26-31-14-10-11-29(2)23-31)35(24-30-12-6-5-7-13-30)39(44)40-32-15-8-9-16-32/h5-7,10-14,17-23,25,32,35H,8-9,15-16,24,26-27H2,1-4H3,(H,40,44)/t35-/m0/s1. The lowest BCUT2D eigenvalue weighted by Gasteiger charge is -2.34. The first-order chi connectivity index (χ1) is 23.6. The number of carbonyl (C=O) groups is 2. The van der Waals surface area contributed by atoms with E-state index in [1.54, 1.807) is 24.3 Å². The van der Waals surface area contributed by atoms with Crippen molar-refractivity contribution < 1.29 is 27.5 Å². The molecule has 0 bridgehead atoms. The zero-order valence-corrected chi connectivity index (χ0v) is 29.4. The van der Waals surface area contributed by atoms with Crippen LogP contribution in [0.1, 0.15) is 47.9 Å². The van der Waals surface area contributed by atoms with Crippen LogP contribution in [0.3, 0.4) is 0 Å². The van der Waals surface area contributed by atoms with E-state index < -0.39 is 28.5 Å². The molecule has 4 aromatic carbocycles. The number of anilines is 1. The molecule has 1 atom stereocenters. The van der Waals surface area contributed by atoms with Gasteiger partial charge in [0, 0.05) is 25.1 Å². The smallest absolute Gasteiger partial charge is 0.264 e.